The van der Waals surface area contributed by atoms with Crippen molar-refractivity contribution in [1.82, 2.24) is 0 Å². The zero-order valence-electron chi connectivity index (χ0n) is 6.98. The van der Waals surface area contributed by atoms with Crippen LogP contribution in [0.3, 0.4) is 0 Å². The number of rotatable bonds is 1. The number of hydrogen-bond donors (Lipinski definition) is 0. The summed E-state index contributed by atoms with van der Waals surface area (Å²) in [4.78, 5) is 23.7. The van der Waals surface area contributed by atoms with Crippen molar-refractivity contribution in [2.45, 2.75) is 6.92 Å². The van der Waals surface area contributed by atoms with Crippen LogP contribution in [-0.2, 0) is 9.59 Å². The number of carbonyl (C=O) groups is 2. The summed E-state index contributed by atoms with van der Waals surface area (Å²) >= 11 is 1.40. The lowest BCUT2D eigenvalue weighted by Gasteiger charge is -2.11. The smallest absolute Gasteiger partial charge is 0.258 e. The molecular formula is C9H7NO2S. The van der Waals surface area contributed by atoms with Gasteiger partial charge in [-0.25, -0.2) is 4.90 Å². The molecule has 3 nitrogen and oxygen atoms in total. The van der Waals surface area contributed by atoms with Crippen LogP contribution in [0.15, 0.2) is 23.6 Å². The molecule has 0 fully saturated rings. The second kappa shape index (κ2) is 2.81. The maximum atomic E-state index is 11.3. The van der Waals surface area contributed by atoms with Crippen LogP contribution in [0, 0.1) is 6.92 Å². The summed E-state index contributed by atoms with van der Waals surface area (Å²) in [6.07, 6.45) is 2.59. The van der Waals surface area contributed by atoms with E-state index in [0.717, 1.165) is 10.6 Å². The van der Waals surface area contributed by atoms with E-state index in [9.17, 15) is 9.59 Å². The predicted molar refractivity (Wildman–Crippen MR) is 50.7 cm³/mol. The number of nitrogens with zero attached hydrogens (tertiary/aromatic N) is 1. The van der Waals surface area contributed by atoms with Gasteiger partial charge < -0.3 is 0 Å². The van der Waals surface area contributed by atoms with Gasteiger partial charge in [-0.1, -0.05) is 0 Å². The van der Waals surface area contributed by atoms with E-state index in [1.165, 1.54) is 28.4 Å². The van der Waals surface area contributed by atoms with Crippen LogP contribution < -0.4 is 4.90 Å². The normalized spacial score (nSPS) is 15.9. The SMILES string of the molecule is Cc1ccsc1N1C(=O)C=CC1=O. The maximum absolute atomic E-state index is 11.3. The van der Waals surface area contributed by atoms with Crippen molar-refractivity contribution in [1.29, 1.82) is 0 Å². The Labute approximate surface area is 79.3 Å². The summed E-state index contributed by atoms with van der Waals surface area (Å²) < 4.78 is 0. The minimum absolute atomic E-state index is 0.254. The molecule has 0 bridgehead atoms. The molecule has 0 N–H and O–H groups in total. The molecule has 2 heterocycles. The van der Waals surface area contributed by atoms with E-state index in [0.29, 0.717) is 0 Å². The van der Waals surface area contributed by atoms with Gasteiger partial charge in [0.05, 0.1) is 0 Å². The lowest BCUT2D eigenvalue weighted by Crippen LogP contribution is -2.29. The van der Waals surface area contributed by atoms with E-state index < -0.39 is 0 Å². The van der Waals surface area contributed by atoms with Crippen molar-refractivity contribution in [3.05, 3.63) is 29.2 Å². The molecule has 13 heavy (non-hydrogen) atoms. The minimum atomic E-state index is -0.254. The molecule has 0 spiro atoms. The monoisotopic (exact) mass is 193 g/mol. The molecule has 4 heteroatoms. The second-order valence-corrected chi connectivity index (χ2v) is 3.65. The zero-order valence-corrected chi connectivity index (χ0v) is 7.80. The van der Waals surface area contributed by atoms with Gasteiger partial charge in [0.15, 0.2) is 0 Å². The Bertz CT molecular complexity index is 388. The first-order valence-electron chi connectivity index (χ1n) is 3.80. The van der Waals surface area contributed by atoms with Gasteiger partial charge in [-0.15, -0.1) is 11.3 Å². The molecule has 1 aliphatic rings. The molecular weight excluding hydrogens is 186 g/mol. The molecule has 0 aromatic carbocycles. The fraction of sp³-hybridized carbons (Fsp3) is 0.111. The molecule has 0 aliphatic carbocycles. The summed E-state index contributed by atoms with van der Waals surface area (Å²) in [5.41, 5.74) is 0.954. The van der Waals surface area contributed by atoms with Crippen LogP contribution in [-0.4, -0.2) is 11.8 Å². The van der Waals surface area contributed by atoms with Crippen LogP contribution in [0.25, 0.3) is 0 Å². The fourth-order valence-corrected chi connectivity index (χ4v) is 2.13. The fourth-order valence-electron chi connectivity index (χ4n) is 1.19. The third kappa shape index (κ3) is 1.19. The van der Waals surface area contributed by atoms with Gasteiger partial charge in [0.2, 0.25) is 0 Å². The van der Waals surface area contributed by atoms with Gasteiger partial charge in [-0.2, -0.15) is 0 Å². The third-order valence-electron chi connectivity index (χ3n) is 1.85. The first-order valence-corrected chi connectivity index (χ1v) is 4.68. The highest BCUT2D eigenvalue weighted by molar-refractivity contribution is 7.14. The molecule has 0 radical (unpaired) electrons. The Hall–Kier alpha value is -1.42. The van der Waals surface area contributed by atoms with Gasteiger partial charge in [0.1, 0.15) is 5.00 Å². The van der Waals surface area contributed by atoms with Gasteiger partial charge in [0.25, 0.3) is 11.8 Å². The first kappa shape index (κ1) is 8.19. The standard InChI is InChI=1S/C9H7NO2S/c1-6-4-5-13-9(6)10-7(11)2-3-8(10)12/h2-5H,1H3. The zero-order chi connectivity index (χ0) is 9.42. The summed E-state index contributed by atoms with van der Waals surface area (Å²) in [5, 5.41) is 2.59. The number of hydrogen-bond acceptors (Lipinski definition) is 3. The Kier molecular flexibility index (Phi) is 1.77. The third-order valence-corrected chi connectivity index (χ3v) is 2.85. The van der Waals surface area contributed by atoms with Gasteiger partial charge in [0, 0.05) is 12.2 Å². The van der Waals surface area contributed by atoms with Crippen LogP contribution in [0.4, 0.5) is 5.00 Å². The summed E-state index contributed by atoms with van der Waals surface area (Å²) in [6, 6.07) is 1.89. The average Bonchev–Trinajstić information content (AvgIpc) is 2.60. The molecule has 1 aromatic rings. The average molecular weight is 193 g/mol. The first-order chi connectivity index (χ1) is 6.20. The molecule has 2 rings (SSSR count). The lowest BCUT2D eigenvalue weighted by atomic mass is 10.3. The summed E-state index contributed by atoms with van der Waals surface area (Å²) in [5.74, 6) is -0.508. The van der Waals surface area contributed by atoms with Crippen LogP contribution >= 0.6 is 11.3 Å². The van der Waals surface area contributed by atoms with E-state index >= 15 is 0 Å². The molecule has 0 unspecified atom stereocenters. The summed E-state index contributed by atoms with van der Waals surface area (Å²) in [7, 11) is 0. The van der Waals surface area contributed by atoms with Crippen LogP contribution in [0.5, 0.6) is 0 Å². The number of amides is 2. The number of imide groups is 1. The highest BCUT2D eigenvalue weighted by atomic mass is 32.1. The van der Waals surface area contributed by atoms with Crippen LogP contribution in [0.1, 0.15) is 5.56 Å². The lowest BCUT2D eigenvalue weighted by molar-refractivity contribution is -0.119. The molecule has 66 valence electrons. The van der Waals surface area contributed by atoms with E-state index in [1.807, 2.05) is 18.4 Å². The number of aryl methyl sites for hydroxylation is 1. The van der Waals surface area contributed by atoms with Crippen molar-refractivity contribution < 1.29 is 9.59 Å². The minimum Gasteiger partial charge on any atom is -0.269 e. The van der Waals surface area contributed by atoms with E-state index in [4.69, 9.17) is 0 Å². The molecule has 0 atom stereocenters. The van der Waals surface area contributed by atoms with Crippen molar-refractivity contribution in [3.8, 4) is 0 Å². The maximum Gasteiger partial charge on any atom is 0.258 e. The number of anilines is 1. The van der Waals surface area contributed by atoms with Gasteiger partial charge in [-0.05, 0) is 23.9 Å². The predicted octanol–water partition coefficient (Wildman–Crippen LogP) is 1.49. The van der Waals surface area contributed by atoms with E-state index in [-0.39, 0.29) is 11.8 Å². The van der Waals surface area contributed by atoms with Crippen molar-refractivity contribution >= 4 is 28.2 Å². The number of thiophene rings is 1. The quantitative estimate of drug-likeness (QED) is 0.633. The highest BCUT2D eigenvalue weighted by Crippen LogP contribution is 2.28. The van der Waals surface area contributed by atoms with Crippen molar-refractivity contribution in [2.75, 3.05) is 4.90 Å². The second-order valence-electron chi connectivity index (χ2n) is 2.75. The van der Waals surface area contributed by atoms with E-state index in [1.54, 1.807) is 0 Å². The highest BCUT2D eigenvalue weighted by Gasteiger charge is 2.26. The molecule has 1 aliphatic heterocycles. The Balaban J connectivity index is 2.43. The van der Waals surface area contributed by atoms with Crippen LogP contribution in [0.2, 0.25) is 0 Å². The van der Waals surface area contributed by atoms with Gasteiger partial charge in [-0.3, -0.25) is 9.59 Å². The largest absolute Gasteiger partial charge is 0.269 e. The molecule has 2 amide bonds. The van der Waals surface area contributed by atoms with Crippen molar-refractivity contribution in [3.63, 3.8) is 0 Å². The summed E-state index contributed by atoms with van der Waals surface area (Å²) in [6.45, 7) is 1.88. The number of carbonyl (C=O) groups excluding carboxylic acids is 2. The molecule has 1 aromatic heterocycles. The molecule has 0 saturated heterocycles. The Morgan fingerprint density at radius 1 is 1.23 bits per heavy atom. The topological polar surface area (TPSA) is 37.4 Å². The Morgan fingerprint density at radius 3 is 2.31 bits per heavy atom. The van der Waals surface area contributed by atoms with Crippen molar-refractivity contribution in [2.24, 2.45) is 0 Å². The Morgan fingerprint density at radius 2 is 1.85 bits per heavy atom. The van der Waals surface area contributed by atoms with E-state index in [2.05, 4.69) is 0 Å². The molecule has 0 saturated carbocycles. The van der Waals surface area contributed by atoms with Gasteiger partial charge >= 0.3 is 0 Å².